The van der Waals surface area contributed by atoms with E-state index in [1.165, 1.54) is 0 Å². The smallest absolute Gasteiger partial charge is 0.255 e. The molecule has 0 radical (unpaired) electrons. The normalized spacial score (nSPS) is 12.8. The number of carbonyl (C=O) groups is 1. The number of carbonyl (C=O) groups excluding carboxylic acids is 1. The van der Waals surface area contributed by atoms with E-state index < -0.39 is 0 Å². The van der Waals surface area contributed by atoms with E-state index >= 15 is 0 Å². The number of anilines is 2. The minimum atomic E-state index is -0.236. The van der Waals surface area contributed by atoms with Gasteiger partial charge in [-0.15, -0.1) is 0 Å². The summed E-state index contributed by atoms with van der Waals surface area (Å²) in [6.45, 7) is 0.978. The summed E-state index contributed by atoms with van der Waals surface area (Å²) in [7, 11) is 0. The highest BCUT2D eigenvalue weighted by Gasteiger charge is 2.16. The van der Waals surface area contributed by atoms with E-state index in [2.05, 4.69) is 21.2 Å². The average molecular weight is 349 g/mol. The molecular weight excluding hydrogens is 336 g/mol. The minimum Gasteiger partial charge on any atom is -0.486 e. The van der Waals surface area contributed by atoms with Crippen molar-refractivity contribution >= 4 is 33.2 Å². The molecule has 2 aromatic rings. The number of hydrogen-bond donors (Lipinski definition) is 2. The fourth-order valence-corrected chi connectivity index (χ4v) is 2.44. The van der Waals surface area contributed by atoms with Gasteiger partial charge in [-0.2, -0.15) is 0 Å². The number of nitrogens with one attached hydrogen (secondary N) is 1. The molecule has 0 spiro atoms. The van der Waals surface area contributed by atoms with Gasteiger partial charge in [-0.3, -0.25) is 4.79 Å². The van der Waals surface area contributed by atoms with Crippen LogP contribution in [0.3, 0.4) is 0 Å². The number of ether oxygens (including phenoxy) is 2. The van der Waals surface area contributed by atoms with E-state index in [1.807, 2.05) is 6.07 Å². The maximum absolute atomic E-state index is 12.2. The lowest BCUT2D eigenvalue weighted by Crippen LogP contribution is -2.17. The first-order chi connectivity index (χ1) is 10.1. The molecule has 1 aliphatic rings. The predicted octanol–water partition coefficient (Wildman–Crippen LogP) is 3.05. The van der Waals surface area contributed by atoms with Crippen LogP contribution in [0, 0.1) is 0 Å². The molecule has 6 heteroatoms. The summed E-state index contributed by atoms with van der Waals surface area (Å²) in [5, 5.41) is 2.78. The van der Waals surface area contributed by atoms with Crippen LogP contribution in [0.2, 0.25) is 0 Å². The number of hydrogen-bond acceptors (Lipinski definition) is 4. The summed E-state index contributed by atoms with van der Waals surface area (Å²) < 4.78 is 11.8. The van der Waals surface area contributed by atoms with Crippen molar-refractivity contribution < 1.29 is 14.3 Å². The molecule has 1 amide bonds. The van der Waals surface area contributed by atoms with Crippen LogP contribution in [0.5, 0.6) is 11.5 Å². The van der Waals surface area contributed by atoms with Gasteiger partial charge in [0.15, 0.2) is 11.5 Å². The van der Waals surface area contributed by atoms with Gasteiger partial charge in [-0.1, -0.05) is 22.0 Å². The van der Waals surface area contributed by atoms with Gasteiger partial charge in [0.1, 0.15) is 13.2 Å². The lowest BCUT2D eigenvalue weighted by molar-refractivity contribution is 0.102. The first-order valence-corrected chi connectivity index (χ1v) is 7.19. The molecule has 1 aliphatic heterocycles. The lowest BCUT2D eigenvalue weighted by atomic mass is 10.2. The monoisotopic (exact) mass is 348 g/mol. The molecule has 3 N–H and O–H groups in total. The van der Waals surface area contributed by atoms with Gasteiger partial charge >= 0.3 is 0 Å². The van der Waals surface area contributed by atoms with Gasteiger partial charge < -0.3 is 20.5 Å². The largest absolute Gasteiger partial charge is 0.486 e. The molecule has 0 fully saturated rings. The van der Waals surface area contributed by atoms with Gasteiger partial charge in [0.05, 0.1) is 11.4 Å². The molecule has 21 heavy (non-hydrogen) atoms. The third-order valence-electron chi connectivity index (χ3n) is 3.05. The van der Waals surface area contributed by atoms with Crippen LogP contribution < -0.4 is 20.5 Å². The Labute approximate surface area is 130 Å². The second-order valence-corrected chi connectivity index (χ2v) is 5.46. The molecule has 0 unspecified atom stereocenters. The van der Waals surface area contributed by atoms with Crippen LogP contribution in [0.25, 0.3) is 0 Å². The number of benzene rings is 2. The molecule has 0 saturated heterocycles. The van der Waals surface area contributed by atoms with Gasteiger partial charge in [0.2, 0.25) is 0 Å². The molecule has 0 atom stereocenters. The Morgan fingerprint density at radius 3 is 2.57 bits per heavy atom. The maximum Gasteiger partial charge on any atom is 0.255 e. The van der Waals surface area contributed by atoms with E-state index in [0.717, 1.165) is 4.47 Å². The van der Waals surface area contributed by atoms with Crippen molar-refractivity contribution in [1.29, 1.82) is 0 Å². The van der Waals surface area contributed by atoms with Crippen LogP contribution >= 0.6 is 15.9 Å². The number of amides is 1. The highest BCUT2D eigenvalue weighted by Crippen LogP contribution is 2.37. The van der Waals surface area contributed by atoms with E-state index in [-0.39, 0.29) is 5.91 Å². The van der Waals surface area contributed by atoms with Crippen LogP contribution in [-0.2, 0) is 0 Å². The number of halogens is 1. The van der Waals surface area contributed by atoms with Crippen molar-refractivity contribution in [2.75, 3.05) is 24.3 Å². The molecule has 1 heterocycles. The van der Waals surface area contributed by atoms with Crippen molar-refractivity contribution in [3.8, 4) is 11.5 Å². The Balaban J connectivity index is 1.86. The van der Waals surface area contributed by atoms with Crippen molar-refractivity contribution in [2.45, 2.75) is 0 Å². The van der Waals surface area contributed by atoms with Crippen LogP contribution in [-0.4, -0.2) is 19.1 Å². The summed E-state index contributed by atoms with van der Waals surface area (Å²) in [6.07, 6.45) is 0. The average Bonchev–Trinajstić information content (AvgIpc) is 2.48. The molecule has 0 aromatic heterocycles. The highest BCUT2D eigenvalue weighted by atomic mass is 79.9. The van der Waals surface area contributed by atoms with Crippen LogP contribution in [0.4, 0.5) is 11.4 Å². The third-order valence-corrected chi connectivity index (χ3v) is 3.54. The zero-order chi connectivity index (χ0) is 14.8. The zero-order valence-corrected chi connectivity index (χ0v) is 12.6. The second-order valence-electron chi connectivity index (χ2n) is 4.55. The van der Waals surface area contributed by atoms with Gasteiger partial charge in [-0.05, 0) is 18.2 Å². The summed E-state index contributed by atoms with van der Waals surface area (Å²) in [6, 6.07) is 10.5. The Kier molecular flexibility index (Phi) is 3.70. The standard InChI is InChI=1S/C15H13BrN2O3/c16-10-3-1-2-9(6-10)15(19)18-12-8-14-13(7-11(12)17)20-4-5-21-14/h1-3,6-8H,4-5,17H2,(H,18,19). The van der Waals surface area contributed by atoms with Crippen molar-refractivity contribution in [3.05, 3.63) is 46.4 Å². The second kappa shape index (κ2) is 5.65. The molecule has 0 bridgehead atoms. The number of nitrogens with two attached hydrogens (primary N) is 1. The van der Waals surface area contributed by atoms with E-state index in [4.69, 9.17) is 15.2 Å². The summed E-state index contributed by atoms with van der Waals surface area (Å²) in [4.78, 5) is 12.2. The number of fused-ring (bicyclic) bond motifs is 1. The van der Waals surface area contributed by atoms with E-state index in [1.54, 1.807) is 30.3 Å². The Bertz CT molecular complexity index is 703. The van der Waals surface area contributed by atoms with E-state index in [9.17, 15) is 4.79 Å². The molecule has 3 rings (SSSR count). The first-order valence-electron chi connectivity index (χ1n) is 6.39. The highest BCUT2D eigenvalue weighted by molar-refractivity contribution is 9.10. The number of rotatable bonds is 2. The SMILES string of the molecule is Nc1cc2c(cc1NC(=O)c1cccc(Br)c1)OCCO2. The molecular formula is C15H13BrN2O3. The van der Waals surface area contributed by atoms with Crippen LogP contribution in [0.15, 0.2) is 40.9 Å². The number of nitrogen functional groups attached to an aromatic ring is 1. The molecule has 0 aliphatic carbocycles. The minimum absolute atomic E-state index is 0.236. The topological polar surface area (TPSA) is 73.6 Å². The van der Waals surface area contributed by atoms with E-state index in [0.29, 0.717) is 41.7 Å². The molecule has 2 aromatic carbocycles. The van der Waals surface area contributed by atoms with Crippen molar-refractivity contribution in [3.63, 3.8) is 0 Å². The molecule has 5 nitrogen and oxygen atoms in total. The summed E-state index contributed by atoms with van der Waals surface area (Å²) in [5.74, 6) is 0.943. The molecule has 0 saturated carbocycles. The predicted molar refractivity (Wildman–Crippen MR) is 83.9 cm³/mol. The van der Waals surface area contributed by atoms with Crippen LogP contribution in [0.1, 0.15) is 10.4 Å². The first kappa shape index (κ1) is 13.8. The maximum atomic E-state index is 12.2. The lowest BCUT2D eigenvalue weighted by Gasteiger charge is -2.20. The van der Waals surface area contributed by atoms with Gasteiger partial charge in [0, 0.05) is 22.2 Å². The quantitative estimate of drug-likeness (QED) is 0.818. The summed E-state index contributed by atoms with van der Waals surface area (Å²) in [5.41, 5.74) is 7.42. The Morgan fingerprint density at radius 2 is 1.86 bits per heavy atom. The Morgan fingerprint density at radius 1 is 1.14 bits per heavy atom. The Hall–Kier alpha value is -2.21. The van der Waals surface area contributed by atoms with Gasteiger partial charge in [0.25, 0.3) is 5.91 Å². The zero-order valence-electron chi connectivity index (χ0n) is 11.1. The van der Waals surface area contributed by atoms with Crippen molar-refractivity contribution in [2.24, 2.45) is 0 Å². The van der Waals surface area contributed by atoms with Gasteiger partial charge in [-0.25, -0.2) is 0 Å². The third kappa shape index (κ3) is 2.95. The van der Waals surface area contributed by atoms with Crippen molar-refractivity contribution in [1.82, 2.24) is 0 Å². The molecule has 108 valence electrons. The fourth-order valence-electron chi connectivity index (χ4n) is 2.04. The summed E-state index contributed by atoms with van der Waals surface area (Å²) >= 11 is 3.34. The fraction of sp³-hybridized carbons (Fsp3) is 0.133.